The molecule has 0 N–H and O–H groups in total. The summed E-state index contributed by atoms with van der Waals surface area (Å²) in [6.07, 6.45) is 2.30. The maximum absolute atomic E-state index is 12.2. The molecular formula is C14H21NO3S. The molecule has 0 atom stereocenters. The molecule has 19 heavy (non-hydrogen) atoms. The van der Waals surface area contributed by atoms with Crippen LogP contribution in [0.1, 0.15) is 39.9 Å². The van der Waals surface area contributed by atoms with Crippen LogP contribution in [0.25, 0.3) is 0 Å². The number of carbonyl (C=O) groups excluding carboxylic acids is 2. The Bertz CT molecular complexity index is 454. The normalized spacial score (nSPS) is 10.3. The molecule has 0 saturated heterocycles. The highest BCUT2D eigenvalue weighted by atomic mass is 32.1. The Morgan fingerprint density at radius 2 is 2.11 bits per heavy atom. The first-order chi connectivity index (χ1) is 8.99. The third-order valence-corrected chi connectivity index (χ3v) is 4.06. The summed E-state index contributed by atoms with van der Waals surface area (Å²) in [5.41, 5.74) is 1.25. The number of methoxy groups -OCH3 is 1. The quantitative estimate of drug-likeness (QED) is 0.754. The monoisotopic (exact) mass is 283 g/mol. The minimum Gasteiger partial charge on any atom is -0.469 e. The van der Waals surface area contributed by atoms with E-state index in [0.717, 1.165) is 17.7 Å². The third-order valence-electron chi connectivity index (χ3n) is 2.98. The van der Waals surface area contributed by atoms with Gasteiger partial charge in [-0.1, -0.05) is 13.3 Å². The zero-order chi connectivity index (χ0) is 14.4. The van der Waals surface area contributed by atoms with E-state index >= 15 is 0 Å². The summed E-state index contributed by atoms with van der Waals surface area (Å²) < 4.78 is 4.57. The second-order valence-corrected chi connectivity index (χ2v) is 5.75. The highest BCUT2D eigenvalue weighted by Gasteiger charge is 2.16. The number of thiophene rings is 1. The van der Waals surface area contributed by atoms with Crippen molar-refractivity contribution in [1.29, 1.82) is 0 Å². The number of amides is 1. The Morgan fingerprint density at radius 1 is 1.42 bits per heavy atom. The second-order valence-electron chi connectivity index (χ2n) is 4.49. The van der Waals surface area contributed by atoms with E-state index in [2.05, 4.69) is 11.7 Å². The molecular weight excluding hydrogens is 262 g/mol. The van der Waals surface area contributed by atoms with Gasteiger partial charge in [-0.15, -0.1) is 11.3 Å². The van der Waals surface area contributed by atoms with Gasteiger partial charge in [-0.25, -0.2) is 0 Å². The van der Waals surface area contributed by atoms with Crippen LogP contribution in [-0.2, 0) is 16.0 Å². The Morgan fingerprint density at radius 3 is 2.68 bits per heavy atom. The van der Waals surface area contributed by atoms with Gasteiger partial charge in [0.05, 0.1) is 18.4 Å². The van der Waals surface area contributed by atoms with E-state index in [4.69, 9.17) is 0 Å². The van der Waals surface area contributed by atoms with Gasteiger partial charge < -0.3 is 9.64 Å². The van der Waals surface area contributed by atoms with Crippen molar-refractivity contribution in [3.63, 3.8) is 0 Å². The summed E-state index contributed by atoms with van der Waals surface area (Å²) >= 11 is 1.52. The molecule has 4 nitrogen and oxygen atoms in total. The molecule has 1 heterocycles. The molecule has 1 aromatic rings. The van der Waals surface area contributed by atoms with Crippen molar-refractivity contribution in [2.24, 2.45) is 0 Å². The van der Waals surface area contributed by atoms with Crippen molar-refractivity contribution in [1.82, 2.24) is 4.90 Å². The van der Waals surface area contributed by atoms with E-state index in [-0.39, 0.29) is 18.3 Å². The number of carbonyl (C=O) groups is 2. The van der Waals surface area contributed by atoms with E-state index in [0.29, 0.717) is 6.54 Å². The summed E-state index contributed by atoms with van der Waals surface area (Å²) in [4.78, 5) is 26.8. The fourth-order valence-corrected chi connectivity index (χ4v) is 2.86. The average Bonchev–Trinajstić information content (AvgIpc) is 2.76. The summed E-state index contributed by atoms with van der Waals surface area (Å²) in [5.74, 6) is -0.326. The largest absolute Gasteiger partial charge is 0.469 e. The zero-order valence-corrected chi connectivity index (χ0v) is 12.8. The van der Waals surface area contributed by atoms with Crippen LogP contribution in [0, 0.1) is 6.92 Å². The second kappa shape index (κ2) is 7.28. The van der Waals surface area contributed by atoms with Gasteiger partial charge in [-0.05, 0) is 25.0 Å². The maximum atomic E-state index is 12.2. The van der Waals surface area contributed by atoms with Crippen LogP contribution in [0.4, 0.5) is 0 Å². The molecule has 1 aromatic heterocycles. The molecule has 0 fully saturated rings. The van der Waals surface area contributed by atoms with Crippen molar-refractivity contribution >= 4 is 23.2 Å². The van der Waals surface area contributed by atoms with Crippen molar-refractivity contribution in [2.75, 3.05) is 20.7 Å². The standard InChI is InChI=1S/C14H21NO3S/c1-5-6-11-9-12(19-10(11)2)14(17)15(3)8-7-13(16)18-4/h9H,5-8H2,1-4H3. The van der Waals surface area contributed by atoms with Gasteiger partial charge in [0.1, 0.15) is 0 Å². The molecule has 0 aromatic carbocycles. The molecule has 0 saturated carbocycles. The maximum Gasteiger partial charge on any atom is 0.307 e. The number of hydrogen-bond acceptors (Lipinski definition) is 4. The molecule has 5 heteroatoms. The van der Waals surface area contributed by atoms with Gasteiger partial charge in [0, 0.05) is 18.5 Å². The minimum absolute atomic E-state index is 0.0284. The molecule has 0 bridgehead atoms. The van der Waals surface area contributed by atoms with Crippen molar-refractivity contribution in [3.8, 4) is 0 Å². The first-order valence-electron chi connectivity index (χ1n) is 6.41. The minimum atomic E-state index is -0.298. The first kappa shape index (κ1) is 15.7. The smallest absolute Gasteiger partial charge is 0.307 e. The van der Waals surface area contributed by atoms with Crippen LogP contribution in [0.3, 0.4) is 0 Å². The number of rotatable bonds is 6. The van der Waals surface area contributed by atoms with E-state index in [9.17, 15) is 9.59 Å². The predicted molar refractivity (Wildman–Crippen MR) is 76.6 cm³/mol. The fourth-order valence-electron chi connectivity index (χ4n) is 1.79. The number of esters is 1. The van der Waals surface area contributed by atoms with Gasteiger partial charge in [0.15, 0.2) is 0 Å². The van der Waals surface area contributed by atoms with Gasteiger partial charge >= 0.3 is 5.97 Å². The van der Waals surface area contributed by atoms with E-state index in [1.54, 1.807) is 11.9 Å². The number of hydrogen-bond donors (Lipinski definition) is 0. The van der Waals surface area contributed by atoms with E-state index in [1.807, 2.05) is 13.0 Å². The van der Waals surface area contributed by atoms with E-state index < -0.39 is 0 Å². The van der Waals surface area contributed by atoms with Crippen molar-refractivity contribution in [2.45, 2.75) is 33.1 Å². The lowest BCUT2D eigenvalue weighted by Gasteiger charge is -2.15. The molecule has 0 unspecified atom stereocenters. The molecule has 1 amide bonds. The van der Waals surface area contributed by atoms with Crippen LogP contribution in [-0.4, -0.2) is 37.5 Å². The Labute approximate surface area is 118 Å². The number of ether oxygens (including phenoxy) is 1. The van der Waals surface area contributed by atoms with Crippen molar-refractivity contribution < 1.29 is 14.3 Å². The predicted octanol–water partition coefficient (Wildman–Crippen LogP) is 2.64. The molecule has 0 aliphatic heterocycles. The highest BCUT2D eigenvalue weighted by Crippen LogP contribution is 2.23. The zero-order valence-electron chi connectivity index (χ0n) is 12.0. The molecule has 0 aliphatic rings. The summed E-state index contributed by atoms with van der Waals surface area (Å²) in [5, 5.41) is 0. The molecule has 1 rings (SSSR count). The molecule has 0 aliphatic carbocycles. The van der Waals surface area contributed by atoms with Crippen LogP contribution >= 0.6 is 11.3 Å². The fraction of sp³-hybridized carbons (Fsp3) is 0.571. The molecule has 0 spiro atoms. The Balaban J connectivity index is 2.66. The lowest BCUT2D eigenvalue weighted by Crippen LogP contribution is -2.28. The summed E-state index contributed by atoms with van der Waals surface area (Å²) in [7, 11) is 3.06. The Kier molecular flexibility index (Phi) is 6.02. The lowest BCUT2D eigenvalue weighted by molar-refractivity contribution is -0.140. The molecule has 0 radical (unpaired) electrons. The molecule has 106 valence electrons. The third kappa shape index (κ3) is 4.35. The lowest BCUT2D eigenvalue weighted by atomic mass is 10.1. The average molecular weight is 283 g/mol. The van der Waals surface area contributed by atoms with Gasteiger partial charge in [0.2, 0.25) is 0 Å². The highest BCUT2D eigenvalue weighted by molar-refractivity contribution is 7.14. The number of aryl methyl sites for hydroxylation is 2. The van der Waals surface area contributed by atoms with E-state index in [1.165, 1.54) is 28.9 Å². The Hall–Kier alpha value is -1.36. The van der Waals surface area contributed by atoms with Crippen LogP contribution < -0.4 is 0 Å². The topological polar surface area (TPSA) is 46.6 Å². The van der Waals surface area contributed by atoms with Gasteiger partial charge in [0.25, 0.3) is 5.91 Å². The first-order valence-corrected chi connectivity index (χ1v) is 7.22. The van der Waals surface area contributed by atoms with Gasteiger partial charge in [-0.2, -0.15) is 0 Å². The van der Waals surface area contributed by atoms with Gasteiger partial charge in [-0.3, -0.25) is 9.59 Å². The SMILES string of the molecule is CCCc1cc(C(=O)N(C)CCC(=O)OC)sc1C. The number of nitrogens with zero attached hydrogens (tertiary/aromatic N) is 1. The van der Waals surface area contributed by atoms with Crippen molar-refractivity contribution in [3.05, 3.63) is 21.4 Å². The summed E-state index contributed by atoms with van der Waals surface area (Å²) in [6, 6.07) is 1.97. The van der Waals surface area contributed by atoms with Crippen LogP contribution in [0.5, 0.6) is 0 Å². The summed E-state index contributed by atoms with van der Waals surface area (Å²) in [6.45, 7) is 4.55. The van der Waals surface area contributed by atoms with Crippen LogP contribution in [0.2, 0.25) is 0 Å². The van der Waals surface area contributed by atoms with Crippen LogP contribution in [0.15, 0.2) is 6.07 Å².